The molecule has 1 unspecified atom stereocenters. The average molecular weight is 341 g/mol. The Hall–Kier alpha value is -2.27. The first-order chi connectivity index (χ1) is 12.1. The first-order valence-electron chi connectivity index (χ1n) is 8.68. The third kappa shape index (κ3) is 4.04. The van der Waals surface area contributed by atoms with Crippen molar-refractivity contribution in [2.75, 3.05) is 13.6 Å². The predicted molar refractivity (Wildman–Crippen MR) is 95.4 cm³/mol. The van der Waals surface area contributed by atoms with Crippen LogP contribution in [0.3, 0.4) is 0 Å². The fraction of sp³-hybridized carbons (Fsp3) is 0.400. The zero-order valence-electron chi connectivity index (χ0n) is 14.7. The molecule has 0 radical (unpaired) electrons. The summed E-state index contributed by atoms with van der Waals surface area (Å²) in [5.41, 5.74) is 1.82. The van der Waals surface area contributed by atoms with E-state index >= 15 is 0 Å². The first-order valence-corrected chi connectivity index (χ1v) is 8.68. The van der Waals surface area contributed by atoms with E-state index in [1.807, 2.05) is 43.1 Å². The average Bonchev–Trinajstić information content (AvgIpc) is 2.90. The predicted octanol–water partition coefficient (Wildman–Crippen LogP) is 2.96. The molecular formula is C20H24FN3O. The molecule has 1 aliphatic heterocycles. The number of hydrogen-bond donors (Lipinski definition) is 1. The van der Waals surface area contributed by atoms with E-state index in [0.717, 1.165) is 12.1 Å². The molecule has 132 valence electrons. The maximum absolute atomic E-state index is 13.8. The van der Waals surface area contributed by atoms with Crippen LogP contribution < -0.4 is 5.32 Å². The van der Waals surface area contributed by atoms with E-state index in [1.165, 1.54) is 6.07 Å². The van der Waals surface area contributed by atoms with Crippen LogP contribution >= 0.6 is 0 Å². The number of nitrogens with zero attached hydrogens (tertiary/aromatic N) is 2. The van der Waals surface area contributed by atoms with Gasteiger partial charge in [0.2, 0.25) is 5.91 Å². The number of nitrogens with one attached hydrogen (secondary N) is 1. The number of aromatic nitrogens is 1. The second-order valence-electron chi connectivity index (χ2n) is 6.80. The normalized spacial score (nSPS) is 21.6. The Morgan fingerprint density at radius 1 is 1.28 bits per heavy atom. The molecule has 0 aliphatic carbocycles. The lowest BCUT2D eigenvalue weighted by molar-refractivity contribution is -0.127. The van der Waals surface area contributed by atoms with Crippen molar-refractivity contribution in [3.05, 3.63) is 65.7 Å². The molecule has 1 saturated heterocycles. The number of carbonyl (C=O) groups excluding carboxylic acids is 1. The van der Waals surface area contributed by atoms with Gasteiger partial charge in [0.15, 0.2) is 0 Å². The van der Waals surface area contributed by atoms with E-state index in [0.29, 0.717) is 18.4 Å². The van der Waals surface area contributed by atoms with Crippen molar-refractivity contribution in [2.24, 2.45) is 5.92 Å². The van der Waals surface area contributed by atoms with E-state index in [-0.39, 0.29) is 29.7 Å². The van der Waals surface area contributed by atoms with Gasteiger partial charge in [0.25, 0.3) is 0 Å². The minimum absolute atomic E-state index is 0.0589. The van der Waals surface area contributed by atoms with Crippen LogP contribution in [0, 0.1) is 11.7 Å². The van der Waals surface area contributed by atoms with Gasteiger partial charge in [0.1, 0.15) is 5.82 Å². The summed E-state index contributed by atoms with van der Waals surface area (Å²) in [5.74, 6) is 0.194. The largest absolute Gasteiger partial charge is 0.338 e. The highest BCUT2D eigenvalue weighted by Gasteiger charge is 2.38. The molecule has 2 aromatic rings. The third-order valence-electron chi connectivity index (χ3n) is 4.95. The Balaban J connectivity index is 1.63. The number of carbonyl (C=O) groups is 1. The SMILES string of the molecule is CC(Cc1ccccc1F)NC[C@@H]1CC(=O)N(C)[C@H]1c1ccncc1. The molecule has 0 saturated carbocycles. The Bertz CT molecular complexity index is 722. The molecule has 1 aliphatic rings. The molecule has 1 aromatic heterocycles. The summed E-state index contributed by atoms with van der Waals surface area (Å²) in [4.78, 5) is 18.1. The van der Waals surface area contributed by atoms with Gasteiger partial charge in [-0.3, -0.25) is 9.78 Å². The molecule has 1 amide bonds. The Morgan fingerprint density at radius 2 is 2.00 bits per heavy atom. The summed E-state index contributed by atoms with van der Waals surface area (Å²) in [5, 5.41) is 3.48. The van der Waals surface area contributed by atoms with Crippen LogP contribution in [0.4, 0.5) is 4.39 Å². The van der Waals surface area contributed by atoms with Crippen LogP contribution in [0.2, 0.25) is 0 Å². The van der Waals surface area contributed by atoms with Gasteiger partial charge >= 0.3 is 0 Å². The van der Waals surface area contributed by atoms with Gasteiger partial charge in [0.05, 0.1) is 6.04 Å². The second kappa shape index (κ2) is 7.74. The lowest BCUT2D eigenvalue weighted by Gasteiger charge is -2.26. The van der Waals surface area contributed by atoms with Crippen molar-refractivity contribution in [2.45, 2.75) is 31.8 Å². The van der Waals surface area contributed by atoms with Crippen LogP contribution in [-0.4, -0.2) is 35.4 Å². The van der Waals surface area contributed by atoms with Crippen LogP contribution in [0.15, 0.2) is 48.8 Å². The number of rotatable bonds is 6. The van der Waals surface area contributed by atoms with Gasteiger partial charge in [-0.1, -0.05) is 18.2 Å². The zero-order chi connectivity index (χ0) is 17.8. The number of amides is 1. The molecule has 25 heavy (non-hydrogen) atoms. The van der Waals surface area contributed by atoms with E-state index in [2.05, 4.69) is 10.3 Å². The Kier molecular flexibility index (Phi) is 5.43. The second-order valence-corrected chi connectivity index (χ2v) is 6.80. The number of halogens is 1. The smallest absolute Gasteiger partial charge is 0.223 e. The molecule has 0 spiro atoms. The van der Waals surface area contributed by atoms with Crippen molar-refractivity contribution in [1.82, 2.24) is 15.2 Å². The van der Waals surface area contributed by atoms with Crippen molar-refractivity contribution in [3.63, 3.8) is 0 Å². The Labute approximate surface area is 148 Å². The molecule has 5 heteroatoms. The quantitative estimate of drug-likeness (QED) is 0.879. The van der Waals surface area contributed by atoms with Crippen LogP contribution in [0.25, 0.3) is 0 Å². The summed E-state index contributed by atoms with van der Waals surface area (Å²) in [6, 6.07) is 11.0. The molecule has 3 atom stereocenters. The minimum atomic E-state index is -0.165. The number of likely N-dealkylation sites (tertiary alicyclic amines) is 1. The number of benzene rings is 1. The highest BCUT2D eigenvalue weighted by Crippen LogP contribution is 2.36. The maximum atomic E-state index is 13.8. The summed E-state index contributed by atoms with van der Waals surface area (Å²) in [6.45, 7) is 2.77. The van der Waals surface area contributed by atoms with E-state index < -0.39 is 0 Å². The molecule has 1 N–H and O–H groups in total. The van der Waals surface area contributed by atoms with Gasteiger partial charge in [-0.05, 0) is 42.7 Å². The van der Waals surface area contributed by atoms with E-state index in [9.17, 15) is 9.18 Å². The lowest BCUT2D eigenvalue weighted by Crippen LogP contribution is -2.35. The molecule has 2 heterocycles. The van der Waals surface area contributed by atoms with Crippen molar-refractivity contribution in [3.8, 4) is 0 Å². The highest BCUT2D eigenvalue weighted by atomic mass is 19.1. The number of hydrogen-bond acceptors (Lipinski definition) is 3. The van der Waals surface area contributed by atoms with Crippen LogP contribution in [0.5, 0.6) is 0 Å². The molecule has 3 rings (SSSR count). The van der Waals surface area contributed by atoms with Gasteiger partial charge in [-0.2, -0.15) is 0 Å². The minimum Gasteiger partial charge on any atom is -0.338 e. The third-order valence-corrected chi connectivity index (χ3v) is 4.95. The maximum Gasteiger partial charge on any atom is 0.223 e. The molecule has 0 bridgehead atoms. The van der Waals surface area contributed by atoms with Gasteiger partial charge in [-0.25, -0.2) is 4.39 Å². The van der Waals surface area contributed by atoms with Crippen LogP contribution in [0.1, 0.15) is 30.5 Å². The fourth-order valence-corrected chi connectivity index (χ4v) is 3.61. The van der Waals surface area contributed by atoms with Crippen molar-refractivity contribution >= 4 is 5.91 Å². The lowest BCUT2D eigenvalue weighted by atomic mass is 9.94. The Morgan fingerprint density at radius 3 is 2.72 bits per heavy atom. The fourth-order valence-electron chi connectivity index (χ4n) is 3.61. The molecule has 1 fully saturated rings. The van der Waals surface area contributed by atoms with E-state index in [4.69, 9.17) is 0 Å². The standard InChI is InChI=1S/C20H24FN3O/c1-14(11-16-5-3-4-6-18(16)21)23-13-17-12-19(25)24(2)20(17)15-7-9-22-10-8-15/h3-10,14,17,20,23H,11-13H2,1-2H3/t14?,17-,20-/m0/s1. The zero-order valence-corrected chi connectivity index (χ0v) is 14.7. The van der Waals surface area contributed by atoms with Crippen LogP contribution in [-0.2, 0) is 11.2 Å². The van der Waals surface area contributed by atoms with Gasteiger partial charge in [0, 0.05) is 44.4 Å². The van der Waals surface area contributed by atoms with Crippen molar-refractivity contribution < 1.29 is 9.18 Å². The molecule has 4 nitrogen and oxygen atoms in total. The molecular weight excluding hydrogens is 317 g/mol. The molecule has 1 aromatic carbocycles. The summed E-state index contributed by atoms with van der Waals surface area (Å²) in [7, 11) is 1.86. The summed E-state index contributed by atoms with van der Waals surface area (Å²) < 4.78 is 13.8. The first kappa shape index (κ1) is 17.5. The van der Waals surface area contributed by atoms with Gasteiger partial charge in [-0.15, -0.1) is 0 Å². The van der Waals surface area contributed by atoms with Crippen molar-refractivity contribution in [1.29, 1.82) is 0 Å². The summed E-state index contributed by atoms with van der Waals surface area (Å²) >= 11 is 0. The highest BCUT2D eigenvalue weighted by molar-refractivity contribution is 5.79. The summed E-state index contributed by atoms with van der Waals surface area (Å²) in [6.07, 6.45) is 4.68. The number of pyridine rings is 1. The monoisotopic (exact) mass is 341 g/mol. The van der Waals surface area contributed by atoms with E-state index in [1.54, 1.807) is 18.5 Å². The topological polar surface area (TPSA) is 45.2 Å². The van der Waals surface area contributed by atoms with Gasteiger partial charge < -0.3 is 10.2 Å².